The molecule has 1 aliphatic rings. The van der Waals surface area contributed by atoms with Gasteiger partial charge in [-0.3, -0.25) is 5.41 Å². The average molecular weight is 335 g/mol. The van der Waals surface area contributed by atoms with Crippen LogP contribution in [-0.2, 0) is 6.54 Å². The van der Waals surface area contributed by atoms with Crippen molar-refractivity contribution in [1.82, 2.24) is 9.88 Å². The highest BCUT2D eigenvalue weighted by Crippen LogP contribution is 2.33. The summed E-state index contributed by atoms with van der Waals surface area (Å²) in [6, 6.07) is 16.1. The Labute approximate surface area is 144 Å². The normalized spacial score (nSPS) is 14.9. The van der Waals surface area contributed by atoms with Gasteiger partial charge in [0.25, 0.3) is 0 Å². The fraction of sp³-hybridized carbons (Fsp3) is 0.158. The van der Waals surface area contributed by atoms with E-state index in [0.717, 1.165) is 15.8 Å². The Morgan fingerprint density at radius 2 is 2.04 bits per heavy atom. The maximum Gasteiger partial charge on any atom is 0.135 e. The number of nitrogens with one attached hydrogen (secondary N) is 1. The number of benzene rings is 2. The smallest absolute Gasteiger partial charge is 0.135 e. The fourth-order valence-electron chi connectivity index (χ4n) is 3.00. The fourth-order valence-corrected chi connectivity index (χ4v) is 4.04. The van der Waals surface area contributed by atoms with Gasteiger partial charge in [0.05, 0.1) is 22.3 Å². The highest BCUT2D eigenvalue weighted by atomic mass is 32.1. The van der Waals surface area contributed by atoms with Gasteiger partial charge in [-0.2, -0.15) is 0 Å². The molecule has 0 unspecified atom stereocenters. The van der Waals surface area contributed by atoms with Crippen molar-refractivity contribution in [2.24, 2.45) is 0 Å². The van der Waals surface area contributed by atoms with Gasteiger partial charge in [0, 0.05) is 6.54 Å². The number of hydrogen-bond acceptors (Lipinski definition) is 4. The summed E-state index contributed by atoms with van der Waals surface area (Å²) in [6.45, 7) is 3.03. The Morgan fingerprint density at radius 1 is 1.21 bits per heavy atom. The number of rotatable bonds is 3. The Balaban J connectivity index is 1.63. The molecule has 0 saturated heterocycles. The second-order valence-corrected chi connectivity index (χ2v) is 7.03. The van der Waals surface area contributed by atoms with Gasteiger partial charge in [-0.1, -0.05) is 42.0 Å². The van der Waals surface area contributed by atoms with E-state index in [2.05, 4.69) is 24.0 Å². The minimum absolute atomic E-state index is 0.228. The number of aromatic nitrogens is 1. The molecule has 24 heavy (non-hydrogen) atoms. The van der Waals surface area contributed by atoms with Crippen molar-refractivity contribution in [2.75, 3.05) is 6.54 Å². The lowest BCUT2D eigenvalue weighted by Gasteiger charge is -2.18. The van der Waals surface area contributed by atoms with Crippen LogP contribution in [0.3, 0.4) is 0 Å². The van der Waals surface area contributed by atoms with Crippen LogP contribution in [0.1, 0.15) is 16.1 Å². The molecular formula is C19H17N3OS. The van der Waals surface area contributed by atoms with Crippen molar-refractivity contribution in [2.45, 2.75) is 13.5 Å². The van der Waals surface area contributed by atoms with Gasteiger partial charge in [0.15, 0.2) is 0 Å². The van der Waals surface area contributed by atoms with Crippen molar-refractivity contribution in [1.29, 1.82) is 5.41 Å². The van der Waals surface area contributed by atoms with Crippen molar-refractivity contribution in [3.8, 4) is 0 Å². The third-order valence-corrected chi connectivity index (χ3v) is 5.20. The number of nitrogens with zero attached hydrogens (tertiary/aromatic N) is 2. The summed E-state index contributed by atoms with van der Waals surface area (Å²) in [5.74, 6) is 0.569. The van der Waals surface area contributed by atoms with Crippen LogP contribution in [0.25, 0.3) is 15.8 Å². The number of amidine groups is 1. The van der Waals surface area contributed by atoms with Gasteiger partial charge in [-0.05, 0) is 24.6 Å². The average Bonchev–Trinajstić information content (AvgIpc) is 3.08. The summed E-state index contributed by atoms with van der Waals surface area (Å²) in [6.07, 6.45) is 0. The van der Waals surface area contributed by atoms with Crippen molar-refractivity contribution in [3.05, 3.63) is 70.4 Å². The van der Waals surface area contributed by atoms with Crippen LogP contribution in [0.2, 0.25) is 0 Å². The first-order valence-corrected chi connectivity index (χ1v) is 8.61. The number of para-hydroxylation sites is 1. The Morgan fingerprint density at radius 3 is 2.83 bits per heavy atom. The zero-order valence-corrected chi connectivity index (χ0v) is 14.1. The molecule has 0 fully saturated rings. The Kier molecular flexibility index (Phi) is 3.58. The molecule has 0 aliphatic carbocycles. The molecule has 2 N–H and O–H groups in total. The Hall–Kier alpha value is -2.66. The lowest BCUT2D eigenvalue weighted by molar-refractivity contribution is 0.347. The van der Waals surface area contributed by atoms with Crippen molar-refractivity contribution in [3.63, 3.8) is 0 Å². The molecule has 2 aromatic carbocycles. The molecule has 0 bridgehead atoms. The van der Waals surface area contributed by atoms with Gasteiger partial charge < -0.3 is 10.0 Å². The van der Waals surface area contributed by atoms with Crippen LogP contribution >= 0.6 is 11.3 Å². The molecule has 3 aromatic rings. The molecule has 4 rings (SSSR count). The molecule has 1 aromatic heterocycles. The van der Waals surface area contributed by atoms with Gasteiger partial charge in [0.2, 0.25) is 0 Å². The number of aryl methyl sites for hydroxylation is 1. The van der Waals surface area contributed by atoms with Crippen molar-refractivity contribution < 1.29 is 5.11 Å². The van der Waals surface area contributed by atoms with Gasteiger partial charge >= 0.3 is 0 Å². The van der Waals surface area contributed by atoms with Gasteiger partial charge in [-0.25, -0.2) is 4.98 Å². The highest BCUT2D eigenvalue weighted by molar-refractivity contribution is 7.19. The van der Waals surface area contributed by atoms with E-state index in [-0.39, 0.29) is 5.76 Å². The first-order chi connectivity index (χ1) is 11.6. The summed E-state index contributed by atoms with van der Waals surface area (Å²) < 4.78 is 1.07. The SMILES string of the molecule is Cc1cccc(CN2CC(O)=C(c3nc4ccccc4s3)C2=N)c1. The number of aliphatic hydroxyl groups excluding tert-OH is 1. The van der Waals surface area contributed by atoms with E-state index < -0.39 is 0 Å². The monoisotopic (exact) mass is 335 g/mol. The standard InChI is InChI=1S/C19H17N3OS/c1-12-5-4-6-13(9-12)10-22-11-15(23)17(18(22)20)19-21-14-7-2-3-8-16(14)24-19/h2-9,20,23H,10-11H2,1H3. The zero-order valence-electron chi connectivity index (χ0n) is 13.3. The van der Waals surface area contributed by atoms with E-state index in [4.69, 9.17) is 5.41 Å². The molecule has 120 valence electrons. The molecule has 0 saturated carbocycles. The first kappa shape index (κ1) is 14.9. The van der Waals surface area contributed by atoms with Crippen molar-refractivity contribution >= 4 is 33.0 Å². The summed E-state index contributed by atoms with van der Waals surface area (Å²) in [5, 5.41) is 19.6. The maximum absolute atomic E-state index is 10.4. The van der Waals surface area contributed by atoms with E-state index in [0.29, 0.717) is 29.5 Å². The zero-order chi connectivity index (χ0) is 16.7. The molecule has 0 amide bonds. The van der Waals surface area contributed by atoms with Crippen LogP contribution in [0, 0.1) is 12.3 Å². The number of fused-ring (bicyclic) bond motifs is 1. The van der Waals surface area contributed by atoms with Crippen LogP contribution < -0.4 is 0 Å². The Bertz CT molecular complexity index is 940. The quantitative estimate of drug-likeness (QED) is 0.747. The molecule has 5 heteroatoms. The molecular weight excluding hydrogens is 318 g/mol. The second kappa shape index (κ2) is 5.76. The molecule has 1 aliphatic heterocycles. The summed E-state index contributed by atoms with van der Waals surface area (Å²) in [7, 11) is 0. The second-order valence-electron chi connectivity index (χ2n) is 6.00. The van der Waals surface area contributed by atoms with Gasteiger partial charge in [-0.15, -0.1) is 11.3 Å². The summed E-state index contributed by atoms with van der Waals surface area (Å²) >= 11 is 1.52. The topological polar surface area (TPSA) is 60.2 Å². The number of thiazole rings is 1. The molecule has 0 radical (unpaired) electrons. The largest absolute Gasteiger partial charge is 0.510 e. The summed E-state index contributed by atoms with van der Waals surface area (Å²) in [5.41, 5.74) is 3.80. The molecule has 0 atom stereocenters. The predicted octanol–water partition coefficient (Wildman–Crippen LogP) is 4.37. The van der Waals surface area contributed by atoms with E-state index in [1.54, 1.807) is 0 Å². The third-order valence-electron chi connectivity index (χ3n) is 4.15. The van der Waals surface area contributed by atoms with Crippen LogP contribution in [-0.4, -0.2) is 27.4 Å². The van der Waals surface area contributed by atoms with E-state index in [1.807, 2.05) is 41.3 Å². The van der Waals surface area contributed by atoms with Crippen LogP contribution in [0.5, 0.6) is 0 Å². The minimum atomic E-state index is 0.228. The van der Waals surface area contributed by atoms with Gasteiger partial charge in [0.1, 0.15) is 16.6 Å². The first-order valence-electron chi connectivity index (χ1n) is 7.79. The van der Waals surface area contributed by atoms with E-state index in [1.165, 1.54) is 16.9 Å². The maximum atomic E-state index is 10.4. The van der Waals surface area contributed by atoms with E-state index in [9.17, 15) is 5.11 Å². The minimum Gasteiger partial charge on any atom is -0.510 e. The lowest BCUT2D eigenvalue weighted by atomic mass is 10.1. The lowest BCUT2D eigenvalue weighted by Crippen LogP contribution is -2.26. The molecule has 0 spiro atoms. The molecule has 4 nitrogen and oxygen atoms in total. The molecule has 2 heterocycles. The summed E-state index contributed by atoms with van der Waals surface area (Å²) in [4.78, 5) is 6.46. The number of hydrogen-bond donors (Lipinski definition) is 2. The van der Waals surface area contributed by atoms with Crippen LogP contribution in [0.4, 0.5) is 0 Å². The van der Waals surface area contributed by atoms with E-state index >= 15 is 0 Å². The van der Waals surface area contributed by atoms with Crippen LogP contribution in [0.15, 0.2) is 54.3 Å². The predicted molar refractivity (Wildman–Crippen MR) is 98.5 cm³/mol. The number of aliphatic hydroxyl groups is 1. The highest BCUT2D eigenvalue weighted by Gasteiger charge is 2.30. The third kappa shape index (κ3) is 2.57.